The van der Waals surface area contributed by atoms with Gasteiger partial charge in [-0.3, -0.25) is 0 Å². The molecule has 0 radical (unpaired) electrons. The van der Waals surface area contributed by atoms with Gasteiger partial charge in [-0.2, -0.15) is 0 Å². The van der Waals surface area contributed by atoms with E-state index >= 15 is 0 Å². The summed E-state index contributed by atoms with van der Waals surface area (Å²) in [5, 5.41) is 3.55. The second kappa shape index (κ2) is 8.73. The van der Waals surface area contributed by atoms with Crippen LogP contribution in [0, 0.1) is 0 Å². The smallest absolute Gasteiger partial charge is 0.119 e. The van der Waals surface area contributed by atoms with Gasteiger partial charge in [-0.1, -0.05) is 32.4 Å². The van der Waals surface area contributed by atoms with Crippen molar-refractivity contribution in [2.24, 2.45) is 0 Å². The lowest BCUT2D eigenvalue weighted by molar-refractivity contribution is 0.219. The SMILES string of the molecule is CCCCOc1ccc(C(NCC)C2=COCCC2)cc1. The van der Waals surface area contributed by atoms with Crippen molar-refractivity contribution in [3.63, 3.8) is 0 Å². The van der Waals surface area contributed by atoms with Gasteiger partial charge >= 0.3 is 0 Å². The zero-order valence-corrected chi connectivity index (χ0v) is 13.2. The van der Waals surface area contributed by atoms with Crippen LogP contribution in [0.25, 0.3) is 0 Å². The molecule has 3 heteroatoms. The number of hydrogen-bond acceptors (Lipinski definition) is 3. The van der Waals surface area contributed by atoms with Crippen molar-refractivity contribution in [1.82, 2.24) is 5.32 Å². The van der Waals surface area contributed by atoms with E-state index in [0.29, 0.717) is 0 Å². The molecule has 2 rings (SSSR count). The second-order valence-corrected chi connectivity index (χ2v) is 5.43. The molecule has 1 aliphatic heterocycles. The predicted octanol–water partition coefficient (Wildman–Crippen LogP) is 4.21. The van der Waals surface area contributed by atoms with Crippen LogP contribution in [0.15, 0.2) is 36.1 Å². The highest BCUT2D eigenvalue weighted by Gasteiger charge is 2.18. The fourth-order valence-corrected chi connectivity index (χ4v) is 2.55. The van der Waals surface area contributed by atoms with Crippen LogP contribution in [0.4, 0.5) is 0 Å². The maximum Gasteiger partial charge on any atom is 0.119 e. The topological polar surface area (TPSA) is 30.5 Å². The van der Waals surface area contributed by atoms with E-state index in [1.165, 1.54) is 11.1 Å². The van der Waals surface area contributed by atoms with Gasteiger partial charge in [-0.15, -0.1) is 0 Å². The zero-order chi connectivity index (χ0) is 14.9. The van der Waals surface area contributed by atoms with E-state index in [1.54, 1.807) is 0 Å². The van der Waals surface area contributed by atoms with Crippen molar-refractivity contribution in [1.29, 1.82) is 0 Å². The Morgan fingerprint density at radius 1 is 1.24 bits per heavy atom. The third kappa shape index (κ3) is 4.78. The molecule has 0 saturated heterocycles. The van der Waals surface area contributed by atoms with Crippen LogP contribution in [0.1, 0.15) is 51.1 Å². The summed E-state index contributed by atoms with van der Waals surface area (Å²) in [6, 6.07) is 8.70. The van der Waals surface area contributed by atoms with E-state index in [-0.39, 0.29) is 6.04 Å². The summed E-state index contributed by atoms with van der Waals surface area (Å²) in [6.07, 6.45) is 6.40. The van der Waals surface area contributed by atoms with E-state index in [1.807, 2.05) is 6.26 Å². The van der Waals surface area contributed by atoms with Crippen molar-refractivity contribution in [3.05, 3.63) is 41.7 Å². The minimum atomic E-state index is 0.250. The normalized spacial score (nSPS) is 16.0. The molecule has 116 valence electrons. The Kier molecular flexibility index (Phi) is 6.61. The maximum atomic E-state index is 5.73. The molecule has 1 aromatic carbocycles. The monoisotopic (exact) mass is 289 g/mol. The lowest BCUT2D eigenvalue weighted by Crippen LogP contribution is -2.24. The summed E-state index contributed by atoms with van der Waals surface area (Å²) >= 11 is 0. The van der Waals surface area contributed by atoms with Gasteiger partial charge in [-0.05, 0) is 49.1 Å². The first kappa shape index (κ1) is 15.9. The fraction of sp³-hybridized carbons (Fsp3) is 0.556. The van der Waals surface area contributed by atoms with Gasteiger partial charge in [-0.25, -0.2) is 0 Å². The quantitative estimate of drug-likeness (QED) is 0.727. The Balaban J connectivity index is 2.04. The molecule has 0 fully saturated rings. The first-order chi connectivity index (χ1) is 10.3. The van der Waals surface area contributed by atoms with Gasteiger partial charge in [0, 0.05) is 0 Å². The molecule has 0 spiro atoms. The number of hydrogen-bond donors (Lipinski definition) is 1. The van der Waals surface area contributed by atoms with Crippen molar-refractivity contribution < 1.29 is 9.47 Å². The number of unbranched alkanes of at least 4 members (excludes halogenated alkanes) is 1. The molecular weight excluding hydrogens is 262 g/mol. The van der Waals surface area contributed by atoms with Crippen LogP contribution in [-0.4, -0.2) is 19.8 Å². The molecule has 0 aliphatic carbocycles. The first-order valence-corrected chi connectivity index (χ1v) is 8.11. The Morgan fingerprint density at radius 2 is 2.05 bits per heavy atom. The van der Waals surface area contributed by atoms with Crippen molar-refractivity contribution in [2.45, 2.75) is 45.6 Å². The third-order valence-corrected chi connectivity index (χ3v) is 3.72. The van der Waals surface area contributed by atoms with Crippen molar-refractivity contribution in [2.75, 3.05) is 19.8 Å². The van der Waals surface area contributed by atoms with Gasteiger partial charge in [0.05, 0.1) is 25.5 Å². The lowest BCUT2D eigenvalue weighted by atomic mass is 9.95. The maximum absolute atomic E-state index is 5.73. The van der Waals surface area contributed by atoms with E-state index in [2.05, 4.69) is 43.4 Å². The Labute approximate surface area is 128 Å². The standard InChI is InChI=1S/C18H27NO2/c1-3-5-13-21-17-10-8-15(9-11-17)18(19-4-2)16-7-6-12-20-14-16/h8-11,14,18-19H,3-7,12-13H2,1-2H3. The van der Waals surface area contributed by atoms with Crippen LogP contribution < -0.4 is 10.1 Å². The Morgan fingerprint density at radius 3 is 2.67 bits per heavy atom. The minimum Gasteiger partial charge on any atom is -0.501 e. The highest BCUT2D eigenvalue weighted by molar-refractivity contribution is 5.33. The van der Waals surface area contributed by atoms with E-state index < -0.39 is 0 Å². The fourth-order valence-electron chi connectivity index (χ4n) is 2.55. The van der Waals surface area contributed by atoms with Crippen molar-refractivity contribution in [3.8, 4) is 5.75 Å². The number of benzene rings is 1. The summed E-state index contributed by atoms with van der Waals surface area (Å²) in [4.78, 5) is 0. The van der Waals surface area contributed by atoms with Crippen LogP contribution in [-0.2, 0) is 4.74 Å². The lowest BCUT2D eigenvalue weighted by Gasteiger charge is -2.24. The summed E-state index contributed by atoms with van der Waals surface area (Å²) in [5.74, 6) is 0.955. The molecule has 1 heterocycles. The van der Waals surface area contributed by atoms with Gasteiger partial charge in [0.1, 0.15) is 5.75 Å². The molecule has 1 unspecified atom stereocenters. The van der Waals surface area contributed by atoms with E-state index in [4.69, 9.17) is 9.47 Å². The van der Waals surface area contributed by atoms with Crippen LogP contribution in [0.3, 0.4) is 0 Å². The summed E-state index contributed by atoms with van der Waals surface area (Å²) in [6.45, 7) is 6.89. The zero-order valence-electron chi connectivity index (χ0n) is 13.2. The Bertz CT molecular complexity index is 439. The van der Waals surface area contributed by atoms with Crippen LogP contribution in [0.2, 0.25) is 0 Å². The highest BCUT2D eigenvalue weighted by Crippen LogP contribution is 2.28. The second-order valence-electron chi connectivity index (χ2n) is 5.43. The molecule has 3 nitrogen and oxygen atoms in total. The number of ether oxygens (including phenoxy) is 2. The molecule has 21 heavy (non-hydrogen) atoms. The average Bonchev–Trinajstić information content (AvgIpc) is 2.54. The van der Waals surface area contributed by atoms with Gasteiger partial charge in [0.25, 0.3) is 0 Å². The first-order valence-electron chi connectivity index (χ1n) is 8.11. The molecule has 0 amide bonds. The molecule has 0 bridgehead atoms. The molecule has 1 aliphatic rings. The van der Waals surface area contributed by atoms with E-state index in [0.717, 1.165) is 51.2 Å². The largest absolute Gasteiger partial charge is 0.501 e. The van der Waals surface area contributed by atoms with Gasteiger partial charge in [0.15, 0.2) is 0 Å². The summed E-state index contributed by atoms with van der Waals surface area (Å²) in [5.41, 5.74) is 2.61. The number of rotatable bonds is 8. The van der Waals surface area contributed by atoms with Crippen molar-refractivity contribution >= 4 is 0 Å². The highest BCUT2D eigenvalue weighted by atomic mass is 16.5. The molecular formula is C18H27NO2. The van der Waals surface area contributed by atoms with Crippen LogP contribution >= 0.6 is 0 Å². The predicted molar refractivity (Wildman–Crippen MR) is 86.5 cm³/mol. The number of likely N-dealkylation sites (N-methyl/N-ethyl adjacent to an activating group) is 1. The molecule has 0 aromatic heterocycles. The third-order valence-electron chi connectivity index (χ3n) is 3.72. The molecule has 0 saturated carbocycles. The molecule has 1 atom stereocenters. The summed E-state index contributed by atoms with van der Waals surface area (Å²) < 4.78 is 11.2. The number of nitrogens with one attached hydrogen (secondary N) is 1. The van der Waals surface area contributed by atoms with Gasteiger partial charge in [0.2, 0.25) is 0 Å². The van der Waals surface area contributed by atoms with Gasteiger partial charge < -0.3 is 14.8 Å². The Hall–Kier alpha value is -1.48. The van der Waals surface area contributed by atoms with E-state index in [9.17, 15) is 0 Å². The summed E-state index contributed by atoms with van der Waals surface area (Å²) in [7, 11) is 0. The molecule has 1 N–H and O–H groups in total. The average molecular weight is 289 g/mol. The van der Waals surface area contributed by atoms with Crippen LogP contribution in [0.5, 0.6) is 5.75 Å². The minimum absolute atomic E-state index is 0.250. The molecule has 1 aromatic rings.